The highest BCUT2D eigenvalue weighted by atomic mass is 19.4. The maximum Gasteiger partial charge on any atom is 0.416 e. The molecule has 1 N–H and O–H groups in total. The van der Waals surface area contributed by atoms with Crippen molar-refractivity contribution in [3.8, 4) is 0 Å². The summed E-state index contributed by atoms with van der Waals surface area (Å²) in [7, 11) is 0. The fourth-order valence-corrected chi connectivity index (χ4v) is 2.14. The highest BCUT2D eigenvalue weighted by Gasteiger charge is 2.30. The lowest BCUT2D eigenvalue weighted by molar-refractivity contribution is -0.137. The predicted octanol–water partition coefficient (Wildman–Crippen LogP) is 6.14. The first kappa shape index (κ1) is 7.35. The van der Waals surface area contributed by atoms with E-state index in [9.17, 15) is 13.2 Å². The Hall–Kier alpha value is -2.33. The van der Waals surface area contributed by atoms with Crippen LogP contribution in [0.25, 0.3) is 10.8 Å². The third kappa shape index (κ3) is 4.44. The molecule has 1 nitrogen and oxygen atoms in total. The Labute approximate surface area is 172 Å². The lowest BCUT2D eigenvalue weighted by Crippen LogP contribution is -2.20. The number of aryl methyl sites for hydroxylation is 1. The van der Waals surface area contributed by atoms with Crippen molar-refractivity contribution in [1.82, 2.24) is 5.32 Å². The quantitative estimate of drug-likeness (QED) is 0.548. The van der Waals surface area contributed by atoms with Gasteiger partial charge in [-0.25, -0.2) is 0 Å². The van der Waals surface area contributed by atoms with E-state index in [2.05, 4.69) is 0 Å². The molecule has 0 spiro atoms. The summed E-state index contributed by atoms with van der Waals surface area (Å²) in [5.41, 5.74) is -3.01. The summed E-state index contributed by atoms with van der Waals surface area (Å²) in [5.74, 6) is 0. The van der Waals surface area contributed by atoms with Crippen LogP contribution in [-0.4, -0.2) is 6.54 Å². The number of benzene rings is 3. The van der Waals surface area contributed by atoms with Gasteiger partial charge >= 0.3 is 6.18 Å². The molecule has 0 bridgehead atoms. The van der Waals surface area contributed by atoms with Crippen molar-refractivity contribution < 1.29 is 33.7 Å². The van der Waals surface area contributed by atoms with E-state index in [0.717, 1.165) is 12.1 Å². The second kappa shape index (κ2) is 7.92. The molecule has 0 unspecified atom stereocenters. The average molecular weight is 373 g/mol. The van der Waals surface area contributed by atoms with Crippen LogP contribution in [-0.2, 0) is 12.5 Å². The van der Waals surface area contributed by atoms with E-state index in [1.807, 2.05) is 5.32 Å². The standard InChI is InChI=1S/C22H22F3N/c1-16(20-13-5-10-18-9-2-3-12-21(18)20)26-14-6-8-17-7-4-11-19(15-17)22(23,24)25/h2-5,7,9-13,15-16,26H,6,8,14H2,1H3/t16-/m0/s1/i1D3,2D,3D,5D,6D2,8D2,9D,10D,12D,13D,16D. The van der Waals surface area contributed by atoms with Gasteiger partial charge in [0.2, 0.25) is 0 Å². The average Bonchev–Trinajstić information content (AvgIpc) is 2.86. The van der Waals surface area contributed by atoms with E-state index in [1.165, 1.54) is 0 Å². The SMILES string of the molecule is [2H]c1c([2H])c([2H])c2c([C@@]([2H])(NCC([2H])([2H])C([2H])([2H])c3cccc(C(F)(F)F)c3)C([2H])([2H])[2H])c([2H])c([2H])c([2H])c2c1[2H]. The molecule has 0 heterocycles. The Morgan fingerprint density at radius 3 is 2.81 bits per heavy atom. The molecular formula is C22H22F3N. The van der Waals surface area contributed by atoms with Gasteiger partial charge in [-0.2, -0.15) is 13.2 Å². The van der Waals surface area contributed by atoms with Crippen molar-refractivity contribution in [2.24, 2.45) is 0 Å². The molecule has 0 saturated heterocycles. The van der Waals surface area contributed by atoms with Crippen LogP contribution in [0.15, 0.2) is 66.6 Å². The molecule has 26 heavy (non-hydrogen) atoms. The number of nitrogens with one attached hydrogen (secondary N) is 1. The van der Waals surface area contributed by atoms with Gasteiger partial charge in [-0.3, -0.25) is 0 Å². The molecule has 3 aromatic rings. The molecule has 1 atom stereocenters. The van der Waals surface area contributed by atoms with Crippen LogP contribution in [0.4, 0.5) is 13.2 Å². The minimum Gasteiger partial charge on any atom is -0.310 e. The highest BCUT2D eigenvalue weighted by Crippen LogP contribution is 2.29. The van der Waals surface area contributed by atoms with Crippen LogP contribution in [0.1, 0.15) is 56.5 Å². The molecule has 0 radical (unpaired) electrons. The van der Waals surface area contributed by atoms with Crippen molar-refractivity contribution in [1.29, 1.82) is 0 Å². The van der Waals surface area contributed by atoms with Gasteiger partial charge in [0.1, 0.15) is 0 Å². The minimum absolute atomic E-state index is 0.390. The molecule has 4 heteroatoms. The summed E-state index contributed by atoms with van der Waals surface area (Å²) >= 11 is 0. The minimum atomic E-state index is -4.88. The molecule has 0 aromatic heterocycles. The zero-order valence-corrected chi connectivity index (χ0v) is 13.2. The second-order valence-electron chi connectivity index (χ2n) is 5.11. The van der Waals surface area contributed by atoms with E-state index >= 15 is 0 Å². The molecule has 0 saturated carbocycles. The Morgan fingerprint density at radius 1 is 1.19 bits per heavy atom. The van der Waals surface area contributed by atoms with Crippen LogP contribution < -0.4 is 5.32 Å². The zero-order chi connectivity index (χ0) is 31.7. The highest BCUT2D eigenvalue weighted by molar-refractivity contribution is 5.86. The zero-order valence-electron chi connectivity index (χ0n) is 28.2. The van der Waals surface area contributed by atoms with Gasteiger partial charge in [0.15, 0.2) is 0 Å². The lowest BCUT2D eigenvalue weighted by atomic mass is 9.99. The van der Waals surface area contributed by atoms with Gasteiger partial charge in [0, 0.05) is 15.6 Å². The molecule has 0 aliphatic heterocycles. The summed E-state index contributed by atoms with van der Waals surface area (Å²) in [6.45, 7) is -4.90. The molecule has 0 aliphatic carbocycles. The Morgan fingerprint density at radius 2 is 2.00 bits per heavy atom. The van der Waals surface area contributed by atoms with Gasteiger partial charge < -0.3 is 5.32 Å². The van der Waals surface area contributed by atoms with E-state index in [-0.39, 0.29) is 0 Å². The van der Waals surface area contributed by atoms with Crippen molar-refractivity contribution in [3.63, 3.8) is 0 Å². The number of halogens is 3. The van der Waals surface area contributed by atoms with Gasteiger partial charge in [-0.05, 0) is 54.1 Å². The van der Waals surface area contributed by atoms with Gasteiger partial charge in [-0.1, -0.05) is 60.5 Å². The summed E-state index contributed by atoms with van der Waals surface area (Å²) in [4.78, 5) is 0. The maximum atomic E-state index is 13.2. The maximum absolute atomic E-state index is 13.2. The summed E-state index contributed by atoms with van der Waals surface area (Å²) in [6.07, 6.45) is -11.3. The third-order valence-electron chi connectivity index (χ3n) is 3.34. The second-order valence-corrected chi connectivity index (χ2v) is 5.11. The number of rotatable bonds is 6. The smallest absolute Gasteiger partial charge is 0.310 e. The first-order valence-corrected chi connectivity index (χ1v) is 7.35. The Kier molecular flexibility index (Phi) is 2.24. The van der Waals surface area contributed by atoms with Crippen LogP contribution in [0, 0.1) is 0 Å². The Bertz CT molecular complexity index is 1510. The molecular weight excluding hydrogens is 335 g/mol. The molecule has 0 amide bonds. The summed E-state index contributed by atoms with van der Waals surface area (Å²) < 4.78 is 163. The van der Waals surface area contributed by atoms with Gasteiger partial charge in [0.25, 0.3) is 0 Å². The number of hydrogen-bond acceptors (Lipinski definition) is 1. The van der Waals surface area contributed by atoms with Crippen LogP contribution in [0.3, 0.4) is 0 Å². The monoisotopic (exact) mass is 372 g/mol. The van der Waals surface area contributed by atoms with Gasteiger partial charge in [-0.15, -0.1) is 0 Å². The number of alkyl halides is 3. The van der Waals surface area contributed by atoms with Crippen molar-refractivity contribution >= 4 is 10.8 Å². The van der Waals surface area contributed by atoms with E-state index in [1.54, 1.807) is 0 Å². The normalized spacial score (nSPS) is 24.2. The molecule has 136 valence electrons. The van der Waals surface area contributed by atoms with E-state index in [4.69, 9.17) is 20.6 Å². The largest absolute Gasteiger partial charge is 0.416 e. The van der Waals surface area contributed by atoms with Crippen LogP contribution in [0.5, 0.6) is 0 Å². The first-order chi connectivity index (χ1) is 18.4. The molecule has 0 aliphatic rings. The van der Waals surface area contributed by atoms with Crippen molar-refractivity contribution in [2.45, 2.75) is 31.8 Å². The van der Waals surface area contributed by atoms with E-state index < -0.39 is 108 Å². The fraction of sp³-hybridized carbons (Fsp3) is 0.273. The topological polar surface area (TPSA) is 12.0 Å². The predicted molar refractivity (Wildman–Crippen MR) is 100 cm³/mol. The van der Waals surface area contributed by atoms with Crippen molar-refractivity contribution in [2.75, 3.05) is 6.54 Å². The Balaban J connectivity index is 2.25. The van der Waals surface area contributed by atoms with Crippen LogP contribution >= 0.6 is 0 Å². The lowest BCUT2D eigenvalue weighted by Gasteiger charge is -2.17. The summed E-state index contributed by atoms with van der Waals surface area (Å²) in [6, 6.07) is -6.92. The molecule has 3 rings (SSSR count). The number of fused-ring (bicyclic) bond motifs is 1. The van der Waals surface area contributed by atoms with Gasteiger partial charge in [0.05, 0.1) is 16.5 Å². The fourth-order valence-electron chi connectivity index (χ4n) is 2.14. The molecule has 3 aromatic carbocycles. The third-order valence-corrected chi connectivity index (χ3v) is 3.34. The molecule has 0 fully saturated rings. The summed E-state index contributed by atoms with van der Waals surface area (Å²) in [5, 5.41) is 0.620. The van der Waals surface area contributed by atoms with Crippen LogP contribution in [0.2, 0.25) is 0 Å². The van der Waals surface area contributed by atoms with Crippen molar-refractivity contribution in [3.05, 3.63) is 83.3 Å². The first-order valence-electron chi connectivity index (χ1n) is 14.8. The van der Waals surface area contributed by atoms with E-state index in [0.29, 0.717) is 12.1 Å². The number of hydrogen-bond donors (Lipinski definition) is 1.